The number of nitrogens with zero attached hydrogens (tertiary/aromatic N) is 2. The molecule has 0 unspecified atom stereocenters. The minimum Gasteiger partial charge on any atom is -0.508 e. The Balaban J connectivity index is 1.54. The standard InChI is InChI=1S/C22H25N5O5S/c1-12-9-15(14-10-13(28)7-8-16(14)24-12)21(29)25-22(2,3)11-32-18-6-4-5-17-19(18)20(23)27-33(30,31)26-17/h4-10,26,28,30-31H,11H2,1-3H3,(H2,23,27)(H,25,29). The molecule has 2 aromatic carbocycles. The predicted octanol–water partition coefficient (Wildman–Crippen LogP) is 3.55. The Labute approximate surface area is 192 Å². The molecule has 0 saturated carbocycles. The van der Waals surface area contributed by atoms with Crippen molar-refractivity contribution in [1.29, 1.82) is 0 Å². The van der Waals surface area contributed by atoms with Gasteiger partial charge in [0.05, 0.1) is 27.9 Å². The zero-order chi connectivity index (χ0) is 24.0. The molecule has 0 atom stereocenters. The van der Waals surface area contributed by atoms with Gasteiger partial charge in [0.1, 0.15) is 18.1 Å². The number of nitrogens with two attached hydrogens (primary N) is 1. The van der Waals surface area contributed by atoms with Crippen LogP contribution >= 0.6 is 11.0 Å². The molecule has 1 aromatic heterocycles. The lowest BCUT2D eigenvalue weighted by Gasteiger charge is -2.34. The molecule has 0 fully saturated rings. The topological polar surface area (TPSA) is 162 Å². The van der Waals surface area contributed by atoms with Gasteiger partial charge in [0, 0.05) is 11.1 Å². The molecule has 0 aliphatic carbocycles. The van der Waals surface area contributed by atoms with E-state index in [-0.39, 0.29) is 24.1 Å². The highest BCUT2D eigenvalue weighted by molar-refractivity contribution is 8.24. The minimum atomic E-state index is -3.40. The third-order valence-corrected chi connectivity index (χ3v) is 5.91. The monoisotopic (exact) mass is 471 g/mol. The summed E-state index contributed by atoms with van der Waals surface area (Å²) >= 11 is 0. The number of hydrogen-bond acceptors (Lipinski definition) is 9. The van der Waals surface area contributed by atoms with Crippen molar-refractivity contribution in [3.63, 3.8) is 0 Å². The van der Waals surface area contributed by atoms with Crippen LogP contribution in [0.1, 0.15) is 35.5 Å². The van der Waals surface area contributed by atoms with Crippen molar-refractivity contribution >= 4 is 39.3 Å². The third-order valence-electron chi connectivity index (χ3n) is 4.96. The maximum Gasteiger partial charge on any atom is 0.252 e. The van der Waals surface area contributed by atoms with Gasteiger partial charge in [0.2, 0.25) is 0 Å². The number of benzene rings is 2. The van der Waals surface area contributed by atoms with Gasteiger partial charge in [-0.3, -0.25) is 23.6 Å². The quantitative estimate of drug-likeness (QED) is 0.329. The fourth-order valence-electron chi connectivity index (χ4n) is 3.56. The number of ether oxygens (including phenoxy) is 1. The van der Waals surface area contributed by atoms with Crippen LogP contribution in [0.3, 0.4) is 0 Å². The first-order valence-corrected chi connectivity index (χ1v) is 11.5. The normalized spacial score (nSPS) is 15.7. The summed E-state index contributed by atoms with van der Waals surface area (Å²) < 4.78 is 31.8. The van der Waals surface area contributed by atoms with E-state index in [9.17, 15) is 19.0 Å². The Hall–Kier alpha value is -3.54. The third kappa shape index (κ3) is 4.80. The van der Waals surface area contributed by atoms with E-state index in [1.54, 1.807) is 51.1 Å². The number of aromatic hydroxyl groups is 1. The lowest BCUT2D eigenvalue weighted by atomic mass is 10.0. The number of pyridine rings is 1. The smallest absolute Gasteiger partial charge is 0.252 e. The fraction of sp³-hybridized carbons (Fsp3) is 0.227. The van der Waals surface area contributed by atoms with E-state index in [0.717, 1.165) is 0 Å². The van der Waals surface area contributed by atoms with Crippen molar-refractivity contribution in [1.82, 2.24) is 10.3 Å². The minimum absolute atomic E-state index is 0.0446. The number of fused-ring (bicyclic) bond motifs is 2. The fourth-order valence-corrected chi connectivity index (χ4v) is 4.43. The second kappa shape index (κ2) is 8.10. The van der Waals surface area contributed by atoms with Gasteiger partial charge in [0.15, 0.2) is 5.84 Å². The van der Waals surface area contributed by atoms with Crippen LogP contribution in [0, 0.1) is 6.92 Å². The number of carbonyl (C=O) groups is 1. The summed E-state index contributed by atoms with van der Waals surface area (Å²) in [7, 11) is -3.40. The van der Waals surface area contributed by atoms with Crippen LogP contribution in [0.25, 0.3) is 10.9 Å². The molecular formula is C22H25N5O5S. The number of aryl methyl sites for hydroxylation is 1. The number of aromatic nitrogens is 1. The van der Waals surface area contributed by atoms with Crippen molar-refractivity contribution in [2.45, 2.75) is 26.3 Å². The molecule has 174 valence electrons. The molecule has 1 aliphatic heterocycles. The van der Waals surface area contributed by atoms with Gasteiger partial charge in [0.25, 0.3) is 5.91 Å². The van der Waals surface area contributed by atoms with Gasteiger partial charge in [-0.2, -0.15) is 0 Å². The Bertz CT molecular complexity index is 1290. The van der Waals surface area contributed by atoms with Crippen LogP contribution in [0.2, 0.25) is 0 Å². The number of hydrogen-bond donors (Lipinski definition) is 6. The highest BCUT2D eigenvalue weighted by atomic mass is 32.3. The van der Waals surface area contributed by atoms with E-state index in [4.69, 9.17) is 10.5 Å². The van der Waals surface area contributed by atoms with E-state index in [1.165, 1.54) is 12.1 Å². The average Bonchev–Trinajstić information content (AvgIpc) is 2.70. The van der Waals surface area contributed by atoms with Gasteiger partial charge in [-0.05, 0) is 68.1 Å². The van der Waals surface area contributed by atoms with Gasteiger partial charge in [-0.1, -0.05) is 6.07 Å². The van der Waals surface area contributed by atoms with Crippen LogP contribution in [0.15, 0.2) is 46.9 Å². The molecule has 2 heterocycles. The first-order valence-electron chi connectivity index (χ1n) is 10.0. The summed E-state index contributed by atoms with van der Waals surface area (Å²) in [5.74, 6) is 0.0351. The maximum atomic E-state index is 13.1. The first kappa shape index (κ1) is 22.6. The van der Waals surface area contributed by atoms with Crippen molar-refractivity contribution < 1.29 is 23.7 Å². The molecule has 0 bridgehead atoms. The number of nitrogens with one attached hydrogen (secondary N) is 2. The molecule has 0 radical (unpaired) electrons. The number of phenols is 1. The highest BCUT2D eigenvalue weighted by Crippen LogP contribution is 2.46. The molecule has 4 rings (SSSR count). The number of amidine groups is 1. The van der Waals surface area contributed by atoms with E-state index in [1.807, 2.05) is 0 Å². The van der Waals surface area contributed by atoms with Crippen LogP contribution in [0.5, 0.6) is 11.5 Å². The molecule has 0 saturated heterocycles. The molecular weight excluding hydrogens is 446 g/mol. The molecule has 3 aromatic rings. The van der Waals surface area contributed by atoms with E-state index >= 15 is 0 Å². The summed E-state index contributed by atoms with van der Waals surface area (Å²) in [5, 5.41) is 13.4. The van der Waals surface area contributed by atoms with E-state index in [2.05, 4.69) is 19.4 Å². The predicted molar refractivity (Wildman–Crippen MR) is 129 cm³/mol. The van der Waals surface area contributed by atoms with Crippen LogP contribution in [-0.2, 0) is 0 Å². The molecule has 7 N–H and O–H groups in total. The van der Waals surface area contributed by atoms with Crippen LogP contribution < -0.4 is 20.5 Å². The zero-order valence-electron chi connectivity index (χ0n) is 18.3. The molecule has 33 heavy (non-hydrogen) atoms. The molecule has 1 aliphatic rings. The lowest BCUT2D eigenvalue weighted by Crippen LogP contribution is -2.48. The second-order valence-corrected chi connectivity index (χ2v) is 9.84. The van der Waals surface area contributed by atoms with Gasteiger partial charge >= 0.3 is 0 Å². The van der Waals surface area contributed by atoms with E-state index < -0.39 is 16.5 Å². The largest absolute Gasteiger partial charge is 0.508 e. The number of amides is 1. The molecule has 1 amide bonds. The number of carbonyl (C=O) groups excluding carboxylic acids is 1. The Morgan fingerprint density at radius 1 is 1.24 bits per heavy atom. The summed E-state index contributed by atoms with van der Waals surface area (Å²) in [6.45, 7) is 5.50. The van der Waals surface area contributed by atoms with Gasteiger partial charge < -0.3 is 20.9 Å². The molecule has 10 nitrogen and oxygen atoms in total. The van der Waals surface area contributed by atoms with Crippen molar-refractivity contribution in [2.24, 2.45) is 10.1 Å². The second-order valence-electron chi connectivity index (χ2n) is 8.42. The zero-order valence-corrected chi connectivity index (χ0v) is 19.1. The summed E-state index contributed by atoms with van der Waals surface area (Å²) in [6.07, 6.45) is 0. The van der Waals surface area contributed by atoms with Crippen molar-refractivity contribution in [3.8, 4) is 11.5 Å². The first-order chi connectivity index (χ1) is 15.4. The number of anilines is 1. The van der Waals surface area contributed by atoms with Gasteiger partial charge in [-0.15, -0.1) is 4.40 Å². The highest BCUT2D eigenvalue weighted by Gasteiger charge is 2.28. The summed E-state index contributed by atoms with van der Waals surface area (Å²) in [6, 6.07) is 11.4. The van der Waals surface area contributed by atoms with Crippen LogP contribution in [-0.4, -0.2) is 43.1 Å². The molecule has 11 heteroatoms. The van der Waals surface area contributed by atoms with Gasteiger partial charge in [-0.25, -0.2) is 0 Å². The van der Waals surface area contributed by atoms with E-state index in [0.29, 0.717) is 39.2 Å². The Morgan fingerprint density at radius 2 is 2.00 bits per heavy atom. The number of rotatable bonds is 5. The van der Waals surface area contributed by atoms with Crippen molar-refractivity contribution in [3.05, 3.63) is 59.3 Å². The number of phenolic OH excluding ortho intramolecular Hbond substituents is 1. The average molecular weight is 472 g/mol. The summed E-state index contributed by atoms with van der Waals surface area (Å²) in [4.78, 5) is 17.5. The maximum absolute atomic E-state index is 13.1. The SMILES string of the molecule is Cc1cc(C(=O)NC(C)(C)COc2cccc3c2C(N)=NS(O)(O)N3)c2cc(O)ccc2n1. The van der Waals surface area contributed by atoms with Crippen molar-refractivity contribution in [2.75, 3.05) is 11.3 Å². The lowest BCUT2D eigenvalue weighted by molar-refractivity contribution is 0.0882. The van der Waals surface area contributed by atoms with Crippen LogP contribution in [0.4, 0.5) is 5.69 Å². The summed E-state index contributed by atoms with van der Waals surface area (Å²) in [5.41, 5.74) is 7.62. The molecule has 0 spiro atoms. The Kier molecular flexibility index (Phi) is 5.56. The Morgan fingerprint density at radius 3 is 2.76 bits per heavy atom.